The smallest absolute Gasteiger partial charge is 0.0540 e. The maximum Gasteiger partial charge on any atom is 0.0540 e. The van der Waals surface area contributed by atoms with E-state index >= 15 is 0 Å². The summed E-state index contributed by atoms with van der Waals surface area (Å²) in [6.45, 7) is 0. The highest BCUT2D eigenvalue weighted by Gasteiger charge is 2.18. The molecule has 0 amide bonds. The van der Waals surface area contributed by atoms with E-state index in [9.17, 15) is 0 Å². The number of nitrogens with zero attached hydrogens (tertiary/aromatic N) is 2. The summed E-state index contributed by atoms with van der Waals surface area (Å²) < 4.78 is 0. The fraction of sp³-hybridized carbons (Fsp3) is 0. The third-order valence-corrected chi connectivity index (χ3v) is 6.64. The van der Waals surface area contributed by atoms with Crippen LogP contribution < -0.4 is 9.80 Å². The molecule has 0 unspecified atom stereocenters. The van der Waals surface area contributed by atoms with Gasteiger partial charge < -0.3 is 9.80 Å². The van der Waals surface area contributed by atoms with Crippen molar-refractivity contribution >= 4 is 34.1 Å². The SMILES string of the molecule is c1ccc(-c2ccccc2N(c2ccccc2)c2ccc(N(c3ccccc3)c3ccccc3)cc2)cc1. The predicted octanol–water partition coefficient (Wildman–Crippen LogP) is 10.3. The molecule has 0 saturated carbocycles. The third kappa shape index (κ3) is 4.80. The summed E-state index contributed by atoms with van der Waals surface area (Å²) in [6, 6.07) is 59.6. The Morgan fingerprint density at radius 1 is 0.263 bits per heavy atom. The van der Waals surface area contributed by atoms with Crippen LogP contribution in [0, 0.1) is 0 Å². The highest BCUT2D eigenvalue weighted by Crippen LogP contribution is 2.42. The Bertz CT molecular complexity index is 1540. The fourth-order valence-electron chi connectivity index (χ4n) is 4.89. The van der Waals surface area contributed by atoms with Crippen LogP contribution in [0.25, 0.3) is 11.1 Å². The molecule has 38 heavy (non-hydrogen) atoms. The van der Waals surface area contributed by atoms with Crippen molar-refractivity contribution in [3.05, 3.63) is 170 Å². The third-order valence-electron chi connectivity index (χ3n) is 6.64. The zero-order valence-electron chi connectivity index (χ0n) is 21.1. The largest absolute Gasteiger partial charge is 0.311 e. The van der Waals surface area contributed by atoms with Gasteiger partial charge in [0.15, 0.2) is 0 Å². The molecule has 0 atom stereocenters. The lowest BCUT2D eigenvalue weighted by Gasteiger charge is -2.29. The first-order valence-corrected chi connectivity index (χ1v) is 12.9. The van der Waals surface area contributed by atoms with Crippen molar-refractivity contribution in [2.45, 2.75) is 0 Å². The second-order valence-corrected chi connectivity index (χ2v) is 9.08. The van der Waals surface area contributed by atoms with Gasteiger partial charge in [-0.3, -0.25) is 0 Å². The van der Waals surface area contributed by atoms with Crippen LogP contribution in [-0.4, -0.2) is 0 Å². The van der Waals surface area contributed by atoms with Crippen molar-refractivity contribution in [3.63, 3.8) is 0 Å². The van der Waals surface area contributed by atoms with Gasteiger partial charge >= 0.3 is 0 Å². The molecule has 0 aliphatic carbocycles. The Kier molecular flexibility index (Phi) is 6.69. The number of hydrogen-bond donors (Lipinski definition) is 0. The average Bonchev–Trinajstić information content (AvgIpc) is 3.01. The Hall–Kier alpha value is -5.08. The van der Waals surface area contributed by atoms with Crippen molar-refractivity contribution in [3.8, 4) is 11.1 Å². The normalized spacial score (nSPS) is 10.6. The van der Waals surface area contributed by atoms with Crippen molar-refractivity contribution in [1.82, 2.24) is 0 Å². The quantitative estimate of drug-likeness (QED) is 0.220. The Labute approximate surface area is 224 Å². The molecule has 2 heteroatoms. The first-order chi connectivity index (χ1) is 18.9. The van der Waals surface area contributed by atoms with Crippen molar-refractivity contribution in [2.24, 2.45) is 0 Å². The van der Waals surface area contributed by atoms with Crippen LogP contribution in [0.15, 0.2) is 170 Å². The molecule has 0 fully saturated rings. The molecule has 0 aromatic heterocycles. The van der Waals surface area contributed by atoms with Crippen LogP contribution in [0.4, 0.5) is 34.1 Å². The van der Waals surface area contributed by atoms with Crippen molar-refractivity contribution in [1.29, 1.82) is 0 Å². The maximum absolute atomic E-state index is 2.33. The Morgan fingerprint density at radius 2 is 0.605 bits per heavy atom. The molecule has 6 aromatic carbocycles. The van der Waals surface area contributed by atoms with Gasteiger partial charge in [-0.1, -0.05) is 103 Å². The molecule has 0 saturated heterocycles. The second kappa shape index (κ2) is 10.9. The minimum Gasteiger partial charge on any atom is -0.311 e. The van der Waals surface area contributed by atoms with Gasteiger partial charge in [-0.25, -0.2) is 0 Å². The van der Waals surface area contributed by atoms with Crippen LogP contribution in [0.5, 0.6) is 0 Å². The highest BCUT2D eigenvalue weighted by molar-refractivity contribution is 5.88. The summed E-state index contributed by atoms with van der Waals surface area (Å²) in [5.74, 6) is 0. The van der Waals surface area contributed by atoms with E-state index in [1.807, 2.05) is 0 Å². The summed E-state index contributed by atoms with van der Waals surface area (Å²) in [4.78, 5) is 4.62. The molecule has 182 valence electrons. The molecule has 0 bridgehead atoms. The van der Waals surface area contributed by atoms with E-state index in [0.29, 0.717) is 0 Å². The number of para-hydroxylation sites is 4. The molecule has 0 aliphatic rings. The van der Waals surface area contributed by atoms with Crippen LogP contribution in [-0.2, 0) is 0 Å². The minimum absolute atomic E-state index is 1.10. The number of hydrogen-bond acceptors (Lipinski definition) is 2. The first-order valence-electron chi connectivity index (χ1n) is 12.9. The Balaban J connectivity index is 1.46. The van der Waals surface area contributed by atoms with E-state index in [1.165, 1.54) is 11.1 Å². The van der Waals surface area contributed by atoms with Gasteiger partial charge in [-0.05, 0) is 72.3 Å². The summed E-state index contributed by atoms with van der Waals surface area (Å²) in [5, 5.41) is 0. The standard InChI is InChI=1S/C36H28N2/c1-5-15-29(16-6-1)35-23-13-14-24-36(35)38(32-21-11-4-12-22-32)34-27-25-33(26-28-34)37(30-17-7-2-8-18-30)31-19-9-3-10-20-31/h1-28H. The van der Waals surface area contributed by atoms with E-state index in [0.717, 1.165) is 34.1 Å². The molecule has 6 aromatic rings. The number of rotatable bonds is 7. The topological polar surface area (TPSA) is 6.48 Å². The number of benzene rings is 6. The molecule has 0 radical (unpaired) electrons. The van der Waals surface area contributed by atoms with Crippen molar-refractivity contribution < 1.29 is 0 Å². The van der Waals surface area contributed by atoms with Gasteiger partial charge in [0.25, 0.3) is 0 Å². The molecule has 2 nitrogen and oxygen atoms in total. The van der Waals surface area contributed by atoms with E-state index in [-0.39, 0.29) is 0 Å². The molecule has 0 N–H and O–H groups in total. The zero-order chi connectivity index (χ0) is 25.6. The van der Waals surface area contributed by atoms with E-state index < -0.39 is 0 Å². The number of anilines is 6. The zero-order valence-corrected chi connectivity index (χ0v) is 21.1. The highest BCUT2D eigenvalue weighted by atomic mass is 15.2. The summed E-state index contributed by atoms with van der Waals surface area (Å²) in [6.07, 6.45) is 0. The van der Waals surface area contributed by atoms with Gasteiger partial charge in [-0.2, -0.15) is 0 Å². The van der Waals surface area contributed by atoms with Gasteiger partial charge in [0.05, 0.1) is 5.69 Å². The summed E-state index contributed by atoms with van der Waals surface area (Å²) >= 11 is 0. The van der Waals surface area contributed by atoms with E-state index in [1.54, 1.807) is 0 Å². The molecule has 0 aliphatic heterocycles. The van der Waals surface area contributed by atoms with Gasteiger partial charge in [-0.15, -0.1) is 0 Å². The van der Waals surface area contributed by atoms with Crippen LogP contribution in [0.3, 0.4) is 0 Å². The van der Waals surface area contributed by atoms with Crippen LogP contribution in [0.1, 0.15) is 0 Å². The van der Waals surface area contributed by atoms with Crippen molar-refractivity contribution in [2.75, 3.05) is 9.80 Å². The van der Waals surface area contributed by atoms with Gasteiger partial charge in [0.2, 0.25) is 0 Å². The predicted molar refractivity (Wildman–Crippen MR) is 161 cm³/mol. The lowest BCUT2D eigenvalue weighted by molar-refractivity contribution is 1.26. The molecular weight excluding hydrogens is 460 g/mol. The van der Waals surface area contributed by atoms with Crippen LogP contribution in [0.2, 0.25) is 0 Å². The molecule has 6 rings (SSSR count). The van der Waals surface area contributed by atoms with Gasteiger partial charge in [0.1, 0.15) is 0 Å². The average molecular weight is 489 g/mol. The molecule has 0 spiro atoms. The lowest BCUT2D eigenvalue weighted by Crippen LogP contribution is -2.12. The fourth-order valence-corrected chi connectivity index (χ4v) is 4.89. The maximum atomic E-state index is 2.33. The van der Waals surface area contributed by atoms with Crippen LogP contribution >= 0.6 is 0 Å². The minimum atomic E-state index is 1.10. The lowest BCUT2D eigenvalue weighted by atomic mass is 10.0. The van der Waals surface area contributed by atoms with E-state index in [4.69, 9.17) is 0 Å². The first kappa shape index (κ1) is 23.3. The van der Waals surface area contributed by atoms with Gasteiger partial charge in [0, 0.05) is 34.0 Å². The van der Waals surface area contributed by atoms with E-state index in [2.05, 4.69) is 180 Å². The molecular formula is C36H28N2. The summed E-state index contributed by atoms with van der Waals surface area (Å²) in [7, 11) is 0. The molecule has 0 heterocycles. The second-order valence-electron chi connectivity index (χ2n) is 9.08. The monoisotopic (exact) mass is 488 g/mol. The summed E-state index contributed by atoms with van der Waals surface area (Å²) in [5.41, 5.74) is 9.10. The Morgan fingerprint density at radius 3 is 1.11 bits per heavy atom.